The van der Waals surface area contributed by atoms with E-state index in [1.54, 1.807) is 18.2 Å². The standard InChI is InChI=1S/C15H11ClF2O/c16-12-5-6-15(18)11(7-12)9-13(19)8-10-3-1-2-4-14(10)17/h1-7H,8-9H2. The van der Waals surface area contributed by atoms with Gasteiger partial charge >= 0.3 is 0 Å². The Morgan fingerprint density at radius 2 is 1.58 bits per heavy atom. The van der Waals surface area contributed by atoms with E-state index in [9.17, 15) is 13.6 Å². The molecule has 98 valence electrons. The van der Waals surface area contributed by atoms with Gasteiger partial charge in [-0.05, 0) is 35.4 Å². The van der Waals surface area contributed by atoms with Crippen LogP contribution in [0.5, 0.6) is 0 Å². The Kier molecular flexibility index (Phi) is 4.27. The van der Waals surface area contributed by atoms with Crippen LogP contribution in [0.3, 0.4) is 0 Å². The molecule has 0 saturated carbocycles. The number of carbonyl (C=O) groups is 1. The molecule has 0 amide bonds. The molecule has 0 aromatic heterocycles. The maximum absolute atomic E-state index is 13.5. The van der Waals surface area contributed by atoms with E-state index in [0.29, 0.717) is 10.6 Å². The maximum atomic E-state index is 13.5. The maximum Gasteiger partial charge on any atom is 0.141 e. The summed E-state index contributed by atoms with van der Waals surface area (Å²) in [5.41, 5.74) is 0.545. The lowest BCUT2D eigenvalue weighted by atomic mass is 10.0. The van der Waals surface area contributed by atoms with E-state index in [1.807, 2.05) is 0 Å². The highest BCUT2D eigenvalue weighted by Crippen LogP contribution is 2.16. The summed E-state index contributed by atoms with van der Waals surface area (Å²) in [6.45, 7) is 0. The summed E-state index contributed by atoms with van der Waals surface area (Å²) < 4.78 is 26.8. The number of ketones is 1. The molecule has 0 spiro atoms. The zero-order valence-electron chi connectivity index (χ0n) is 10.00. The van der Waals surface area contributed by atoms with Gasteiger partial charge < -0.3 is 0 Å². The van der Waals surface area contributed by atoms with E-state index in [2.05, 4.69) is 0 Å². The van der Waals surface area contributed by atoms with Crippen molar-refractivity contribution >= 4 is 17.4 Å². The largest absolute Gasteiger partial charge is 0.299 e. The fourth-order valence-electron chi connectivity index (χ4n) is 1.81. The van der Waals surface area contributed by atoms with Gasteiger partial charge in [0.25, 0.3) is 0 Å². The average molecular weight is 281 g/mol. The average Bonchev–Trinajstić information content (AvgIpc) is 2.37. The molecule has 4 heteroatoms. The quantitative estimate of drug-likeness (QED) is 0.828. The second-order valence-electron chi connectivity index (χ2n) is 4.22. The van der Waals surface area contributed by atoms with Gasteiger partial charge in [-0.25, -0.2) is 8.78 Å². The van der Waals surface area contributed by atoms with Crippen molar-refractivity contribution in [3.8, 4) is 0 Å². The Bertz CT molecular complexity index is 611. The van der Waals surface area contributed by atoms with Gasteiger partial charge in [0.2, 0.25) is 0 Å². The summed E-state index contributed by atoms with van der Waals surface area (Å²) in [4.78, 5) is 11.8. The Morgan fingerprint density at radius 3 is 2.32 bits per heavy atom. The molecule has 0 unspecified atom stereocenters. The number of benzene rings is 2. The fraction of sp³-hybridized carbons (Fsp3) is 0.133. The third kappa shape index (κ3) is 3.61. The lowest BCUT2D eigenvalue weighted by Crippen LogP contribution is -2.09. The smallest absolute Gasteiger partial charge is 0.141 e. The molecule has 0 bridgehead atoms. The van der Waals surface area contributed by atoms with Gasteiger partial charge in [0.1, 0.15) is 17.4 Å². The van der Waals surface area contributed by atoms with E-state index in [0.717, 1.165) is 0 Å². The third-order valence-electron chi connectivity index (χ3n) is 2.74. The van der Waals surface area contributed by atoms with Gasteiger partial charge in [0, 0.05) is 17.9 Å². The molecule has 0 aliphatic rings. The number of hydrogen-bond donors (Lipinski definition) is 0. The molecule has 0 atom stereocenters. The van der Waals surface area contributed by atoms with Gasteiger partial charge in [0.05, 0.1) is 0 Å². The van der Waals surface area contributed by atoms with E-state index in [1.165, 1.54) is 24.3 Å². The van der Waals surface area contributed by atoms with Crippen LogP contribution < -0.4 is 0 Å². The summed E-state index contributed by atoms with van der Waals surface area (Å²) in [7, 11) is 0. The molecule has 0 aliphatic heterocycles. The van der Waals surface area contributed by atoms with Crippen LogP contribution in [-0.4, -0.2) is 5.78 Å². The van der Waals surface area contributed by atoms with Crippen molar-refractivity contribution < 1.29 is 13.6 Å². The molecule has 0 saturated heterocycles. The van der Waals surface area contributed by atoms with Crippen molar-refractivity contribution in [2.45, 2.75) is 12.8 Å². The zero-order valence-corrected chi connectivity index (χ0v) is 10.8. The molecule has 2 aromatic rings. The van der Waals surface area contributed by atoms with Crippen molar-refractivity contribution in [1.29, 1.82) is 0 Å². The molecule has 0 radical (unpaired) electrons. The summed E-state index contributed by atoms with van der Waals surface area (Å²) in [6.07, 6.45) is -0.153. The molecule has 2 aromatic carbocycles. The number of Topliss-reactive ketones (excluding diaryl/α,β-unsaturated/α-hetero) is 1. The van der Waals surface area contributed by atoms with Crippen LogP contribution in [0.4, 0.5) is 8.78 Å². The number of carbonyl (C=O) groups excluding carboxylic acids is 1. The minimum atomic E-state index is -0.480. The van der Waals surface area contributed by atoms with Crippen LogP contribution in [0, 0.1) is 11.6 Å². The molecule has 0 aliphatic carbocycles. The second kappa shape index (κ2) is 5.93. The molecule has 0 heterocycles. The monoisotopic (exact) mass is 280 g/mol. The Hall–Kier alpha value is -1.74. The second-order valence-corrected chi connectivity index (χ2v) is 4.66. The lowest BCUT2D eigenvalue weighted by Gasteiger charge is -2.05. The lowest BCUT2D eigenvalue weighted by molar-refractivity contribution is -0.117. The molecule has 0 fully saturated rings. The topological polar surface area (TPSA) is 17.1 Å². The highest BCUT2D eigenvalue weighted by atomic mass is 35.5. The van der Waals surface area contributed by atoms with Crippen LogP contribution in [0.15, 0.2) is 42.5 Å². The van der Waals surface area contributed by atoms with Crippen LogP contribution >= 0.6 is 11.6 Å². The van der Waals surface area contributed by atoms with E-state index >= 15 is 0 Å². The van der Waals surface area contributed by atoms with Gasteiger partial charge in [-0.1, -0.05) is 29.8 Å². The van der Waals surface area contributed by atoms with Crippen LogP contribution in [0.1, 0.15) is 11.1 Å². The molecular weight excluding hydrogens is 270 g/mol. The summed E-state index contributed by atoms with van der Waals surface area (Å²) in [5.74, 6) is -1.17. The minimum Gasteiger partial charge on any atom is -0.299 e. The van der Waals surface area contributed by atoms with Crippen molar-refractivity contribution in [3.63, 3.8) is 0 Å². The van der Waals surface area contributed by atoms with Gasteiger partial charge in [-0.3, -0.25) is 4.79 Å². The molecule has 2 rings (SSSR count). The zero-order chi connectivity index (χ0) is 13.8. The summed E-state index contributed by atoms with van der Waals surface area (Å²) in [6, 6.07) is 10.1. The molecular formula is C15H11ClF2O. The first-order valence-electron chi connectivity index (χ1n) is 5.75. The van der Waals surface area contributed by atoms with Crippen molar-refractivity contribution in [2.24, 2.45) is 0 Å². The van der Waals surface area contributed by atoms with Crippen molar-refractivity contribution in [3.05, 3.63) is 70.2 Å². The first-order valence-corrected chi connectivity index (χ1v) is 6.13. The highest BCUT2D eigenvalue weighted by Gasteiger charge is 2.11. The minimum absolute atomic E-state index is 0.0569. The predicted molar refractivity (Wildman–Crippen MR) is 70.2 cm³/mol. The van der Waals surface area contributed by atoms with Crippen molar-refractivity contribution in [2.75, 3.05) is 0 Å². The first-order chi connectivity index (χ1) is 9.06. The van der Waals surface area contributed by atoms with Gasteiger partial charge in [-0.15, -0.1) is 0 Å². The fourth-order valence-corrected chi connectivity index (χ4v) is 2.00. The van der Waals surface area contributed by atoms with Crippen LogP contribution in [0.2, 0.25) is 5.02 Å². The van der Waals surface area contributed by atoms with Gasteiger partial charge in [-0.2, -0.15) is 0 Å². The number of rotatable bonds is 4. The van der Waals surface area contributed by atoms with E-state index < -0.39 is 11.6 Å². The Balaban J connectivity index is 2.10. The van der Waals surface area contributed by atoms with Crippen LogP contribution in [0.25, 0.3) is 0 Å². The van der Waals surface area contributed by atoms with Crippen molar-refractivity contribution in [1.82, 2.24) is 0 Å². The highest BCUT2D eigenvalue weighted by molar-refractivity contribution is 6.30. The number of hydrogen-bond acceptors (Lipinski definition) is 1. The Labute approximate surface area is 114 Å². The molecule has 19 heavy (non-hydrogen) atoms. The van der Waals surface area contributed by atoms with E-state index in [4.69, 9.17) is 11.6 Å². The van der Waals surface area contributed by atoms with E-state index in [-0.39, 0.29) is 24.2 Å². The molecule has 0 N–H and O–H groups in total. The summed E-state index contributed by atoms with van der Waals surface area (Å²) >= 11 is 5.75. The molecule has 1 nitrogen and oxygen atoms in total. The Morgan fingerprint density at radius 1 is 0.947 bits per heavy atom. The first kappa shape index (κ1) is 13.7. The van der Waals surface area contributed by atoms with Gasteiger partial charge in [0.15, 0.2) is 0 Å². The summed E-state index contributed by atoms with van der Waals surface area (Å²) in [5, 5.41) is 0.370. The normalized spacial score (nSPS) is 10.5. The predicted octanol–water partition coefficient (Wildman–Crippen LogP) is 3.97. The SMILES string of the molecule is O=C(Cc1ccccc1F)Cc1cc(Cl)ccc1F. The number of halogens is 3. The van der Waals surface area contributed by atoms with Crippen LogP contribution in [-0.2, 0) is 17.6 Å². The third-order valence-corrected chi connectivity index (χ3v) is 2.98.